The summed E-state index contributed by atoms with van der Waals surface area (Å²) in [5.41, 5.74) is 0.584. The monoisotopic (exact) mass is 338 g/mol. The van der Waals surface area contributed by atoms with Gasteiger partial charge in [0.1, 0.15) is 0 Å². The van der Waals surface area contributed by atoms with Gasteiger partial charge in [-0.25, -0.2) is 4.79 Å². The van der Waals surface area contributed by atoms with Crippen molar-refractivity contribution >= 4 is 11.7 Å². The molecule has 0 bridgehead atoms. The van der Waals surface area contributed by atoms with Crippen LogP contribution >= 0.6 is 0 Å². The van der Waals surface area contributed by atoms with Crippen LogP contribution in [0.25, 0.3) is 0 Å². The molecule has 1 rings (SSSR count). The van der Waals surface area contributed by atoms with Crippen molar-refractivity contribution in [3.05, 3.63) is 12.1 Å². The molecule has 0 radical (unpaired) electrons. The Balaban J connectivity index is 2.63. The van der Waals surface area contributed by atoms with E-state index in [2.05, 4.69) is 17.6 Å². The smallest absolute Gasteiger partial charge is 0.319 e. The van der Waals surface area contributed by atoms with Gasteiger partial charge in [-0.15, -0.1) is 0 Å². The number of methoxy groups -OCH3 is 3. The minimum atomic E-state index is -0.243. The number of carbonyl (C=O) groups is 1. The Bertz CT molecular complexity index is 495. The Morgan fingerprint density at radius 2 is 1.67 bits per heavy atom. The first-order chi connectivity index (χ1) is 11.5. The first-order valence-corrected chi connectivity index (χ1v) is 8.43. The summed E-state index contributed by atoms with van der Waals surface area (Å²) in [6.45, 7) is 4.20. The van der Waals surface area contributed by atoms with E-state index >= 15 is 0 Å². The van der Waals surface area contributed by atoms with Crippen molar-refractivity contribution in [2.45, 2.75) is 52.0 Å². The molecule has 6 nitrogen and oxygen atoms in total. The third kappa shape index (κ3) is 6.18. The van der Waals surface area contributed by atoms with E-state index in [9.17, 15) is 4.79 Å². The second kappa shape index (κ2) is 10.6. The maximum Gasteiger partial charge on any atom is 0.319 e. The molecule has 0 heterocycles. The minimum Gasteiger partial charge on any atom is -0.493 e. The summed E-state index contributed by atoms with van der Waals surface area (Å²) in [5, 5.41) is 5.76. The van der Waals surface area contributed by atoms with Gasteiger partial charge in [-0.2, -0.15) is 0 Å². The van der Waals surface area contributed by atoms with Gasteiger partial charge in [0, 0.05) is 18.2 Å². The number of hydrogen-bond donors (Lipinski definition) is 2. The SMILES string of the molecule is CCCCCCC(C)NC(=O)Nc1cc(OC)c(OC)c(OC)c1. The van der Waals surface area contributed by atoms with Gasteiger partial charge in [0.2, 0.25) is 5.75 Å². The predicted molar refractivity (Wildman–Crippen MR) is 96.5 cm³/mol. The van der Waals surface area contributed by atoms with Crippen molar-refractivity contribution in [3.63, 3.8) is 0 Å². The van der Waals surface area contributed by atoms with Gasteiger partial charge in [0.05, 0.1) is 27.0 Å². The van der Waals surface area contributed by atoms with Crippen molar-refractivity contribution in [2.24, 2.45) is 0 Å². The zero-order valence-electron chi connectivity index (χ0n) is 15.4. The molecule has 0 fully saturated rings. The first kappa shape index (κ1) is 19.9. The molecule has 2 amide bonds. The fourth-order valence-corrected chi connectivity index (χ4v) is 2.49. The van der Waals surface area contributed by atoms with E-state index in [1.807, 2.05) is 6.92 Å². The summed E-state index contributed by atoms with van der Waals surface area (Å²) < 4.78 is 15.8. The lowest BCUT2D eigenvalue weighted by molar-refractivity contribution is 0.248. The zero-order valence-corrected chi connectivity index (χ0v) is 15.4. The van der Waals surface area contributed by atoms with Crippen LogP contribution in [0, 0.1) is 0 Å². The molecule has 24 heavy (non-hydrogen) atoms. The van der Waals surface area contributed by atoms with E-state index in [1.54, 1.807) is 33.5 Å². The van der Waals surface area contributed by atoms with E-state index < -0.39 is 0 Å². The maximum absolute atomic E-state index is 12.1. The highest BCUT2D eigenvalue weighted by molar-refractivity contribution is 5.90. The van der Waals surface area contributed by atoms with Gasteiger partial charge in [0.25, 0.3) is 0 Å². The molecule has 1 aromatic carbocycles. The quantitative estimate of drug-likeness (QED) is 0.628. The van der Waals surface area contributed by atoms with Gasteiger partial charge < -0.3 is 24.8 Å². The lowest BCUT2D eigenvalue weighted by Crippen LogP contribution is -2.36. The van der Waals surface area contributed by atoms with Crippen molar-refractivity contribution in [1.82, 2.24) is 5.32 Å². The Kier molecular flexibility index (Phi) is 8.83. The topological polar surface area (TPSA) is 68.8 Å². The van der Waals surface area contributed by atoms with E-state index in [1.165, 1.54) is 19.3 Å². The van der Waals surface area contributed by atoms with Crippen LogP contribution in [0.4, 0.5) is 10.5 Å². The highest BCUT2D eigenvalue weighted by Crippen LogP contribution is 2.39. The van der Waals surface area contributed by atoms with Crippen molar-refractivity contribution in [1.29, 1.82) is 0 Å². The van der Waals surface area contributed by atoms with Crippen LogP contribution in [0.5, 0.6) is 17.2 Å². The first-order valence-electron chi connectivity index (χ1n) is 8.43. The Morgan fingerprint density at radius 3 is 2.17 bits per heavy atom. The third-order valence-electron chi connectivity index (χ3n) is 3.79. The molecule has 0 saturated heterocycles. The largest absolute Gasteiger partial charge is 0.493 e. The van der Waals surface area contributed by atoms with Crippen LogP contribution in [0.1, 0.15) is 46.0 Å². The number of carbonyl (C=O) groups excluding carboxylic acids is 1. The zero-order chi connectivity index (χ0) is 17.9. The summed E-state index contributed by atoms with van der Waals surface area (Å²) in [6, 6.07) is 3.29. The van der Waals surface area contributed by atoms with Gasteiger partial charge in [0.15, 0.2) is 11.5 Å². The summed E-state index contributed by atoms with van der Waals surface area (Å²) in [7, 11) is 4.62. The van der Waals surface area contributed by atoms with Crippen LogP contribution in [0.3, 0.4) is 0 Å². The molecule has 2 N–H and O–H groups in total. The van der Waals surface area contributed by atoms with Crippen LogP contribution in [0.2, 0.25) is 0 Å². The summed E-state index contributed by atoms with van der Waals surface area (Å²) in [6.07, 6.45) is 5.76. The summed E-state index contributed by atoms with van der Waals surface area (Å²) >= 11 is 0. The fourth-order valence-electron chi connectivity index (χ4n) is 2.49. The Labute approximate surface area is 144 Å². The van der Waals surface area contributed by atoms with Crippen LogP contribution in [-0.4, -0.2) is 33.4 Å². The molecule has 0 aliphatic carbocycles. The molecule has 0 saturated carbocycles. The minimum absolute atomic E-state index is 0.129. The number of rotatable bonds is 10. The predicted octanol–water partition coefficient (Wildman–Crippen LogP) is 4.19. The second-order valence-electron chi connectivity index (χ2n) is 5.76. The molecule has 1 atom stereocenters. The molecule has 136 valence electrons. The summed E-state index contributed by atoms with van der Waals surface area (Å²) in [4.78, 5) is 12.1. The normalized spacial score (nSPS) is 11.5. The fraction of sp³-hybridized carbons (Fsp3) is 0.611. The molecule has 0 spiro atoms. The van der Waals surface area contributed by atoms with Gasteiger partial charge in [-0.3, -0.25) is 0 Å². The second-order valence-corrected chi connectivity index (χ2v) is 5.76. The lowest BCUT2D eigenvalue weighted by Gasteiger charge is -2.17. The number of amides is 2. The third-order valence-corrected chi connectivity index (χ3v) is 3.79. The molecule has 0 aliphatic heterocycles. The van der Waals surface area contributed by atoms with Gasteiger partial charge in [-0.05, 0) is 13.3 Å². The van der Waals surface area contributed by atoms with E-state index in [0.717, 1.165) is 12.8 Å². The molecular formula is C18H30N2O4. The van der Waals surface area contributed by atoms with Gasteiger partial charge >= 0.3 is 6.03 Å². The molecule has 0 aromatic heterocycles. The highest BCUT2D eigenvalue weighted by Gasteiger charge is 2.15. The molecule has 1 aromatic rings. The number of nitrogens with one attached hydrogen (secondary N) is 2. The van der Waals surface area contributed by atoms with Crippen molar-refractivity contribution in [2.75, 3.05) is 26.6 Å². The number of benzene rings is 1. The lowest BCUT2D eigenvalue weighted by atomic mass is 10.1. The molecule has 6 heteroatoms. The molecule has 1 unspecified atom stereocenters. The molecule has 0 aliphatic rings. The number of ether oxygens (including phenoxy) is 3. The maximum atomic E-state index is 12.1. The summed E-state index contributed by atoms with van der Waals surface area (Å²) in [5.74, 6) is 1.50. The Morgan fingerprint density at radius 1 is 1.04 bits per heavy atom. The van der Waals surface area contributed by atoms with Gasteiger partial charge in [-0.1, -0.05) is 32.6 Å². The average Bonchev–Trinajstić information content (AvgIpc) is 2.57. The average molecular weight is 338 g/mol. The van der Waals surface area contributed by atoms with E-state index in [0.29, 0.717) is 22.9 Å². The van der Waals surface area contributed by atoms with Crippen LogP contribution < -0.4 is 24.8 Å². The number of unbranched alkanes of at least 4 members (excludes halogenated alkanes) is 3. The van der Waals surface area contributed by atoms with E-state index in [-0.39, 0.29) is 12.1 Å². The highest BCUT2D eigenvalue weighted by atomic mass is 16.5. The number of anilines is 1. The van der Waals surface area contributed by atoms with Crippen LogP contribution in [-0.2, 0) is 0 Å². The standard InChI is InChI=1S/C18H30N2O4/c1-6-7-8-9-10-13(2)19-18(21)20-14-11-15(22-3)17(24-5)16(12-14)23-4/h11-13H,6-10H2,1-5H3,(H2,19,20,21). The van der Waals surface area contributed by atoms with Crippen LogP contribution in [0.15, 0.2) is 12.1 Å². The van der Waals surface area contributed by atoms with E-state index in [4.69, 9.17) is 14.2 Å². The number of urea groups is 1. The molecular weight excluding hydrogens is 308 g/mol. The van der Waals surface area contributed by atoms with Crippen molar-refractivity contribution < 1.29 is 19.0 Å². The Hall–Kier alpha value is -2.11. The van der Waals surface area contributed by atoms with Crippen molar-refractivity contribution in [3.8, 4) is 17.2 Å². The number of hydrogen-bond acceptors (Lipinski definition) is 4.